The SMILES string of the molecule is NC(=S)C(c1ccc(O)cc1)N1CCCC(C(=O)O)C1. The third-order valence-electron chi connectivity index (χ3n) is 3.65. The lowest BCUT2D eigenvalue weighted by Crippen LogP contribution is -2.44. The van der Waals surface area contributed by atoms with Crippen LogP contribution in [0.3, 0.4) is 0 Å². The monoisotopic (exact) mass is 294 g/mol. The molecule has 1 aliphatic heterocycles. The van der Waals surface area contributed by atoms with E-state index in [0.29, 0.717) is 18.0 Å². The minimum absolute atomic E-state index is 0.178. The average molecular weight is 294 g/mol. The highest BCUT2D eigenvalue weighted by Crippen LogP contribution is 2.28. The van der Waals surface area contributed by atoms with E-state index in [1.165, 1.54) is 0 Å². The molecule has 108 valence electrons. The number of carboxylic acids is 1. The minimum Gasteiger partial charge on any atom is -0.508 e. The van der Waals surface area contributed by atoms with Gasteiger partial charge in [0.2, 0.25) is 0 Å². The lowest BCUT2D eigenvalue weighted by molar-refractivity contribution is -0.143. The van der Waals surface area contributed by atoms with Crippen LogP contribution in [0.2, 0.25) is 0 Å². The van der Waals surface area contributed by atoms with Crippen LogP contribution in [-0.2, 0) is 4.79 Å². The van der Waals surface area contributed by atoms with Crippen LogP contribution in [0.5, 0.6) is 5.75 Å². The Morgan fingerprint density at radius 3 is 2.60 bits per heavy atom. The molecular weight excluding hydrogens is 276 g/mol. The first-order valence-electron chi connectivity index (χ1n) is 6.54. The number of aromatic hydroxyl groups is 1. The number of phenolic OH excluding ortho intramolecular Hbond substituents is 1. The van der Waals surface area contributed by atoms with Gasteiger partial charge in [0.05, 0.1) is 16.9 Å². The lowest BCUT2D eigenvalue weighted by atomic mass is 9.95. The summed E-state index contributed by atoms with van der Waals surface area (Å²) in [6.45, 7) is 1.21. The van der Waals surface area contributed by atoms with Gasteiger partial charge in [0.25, 0.3) is 0 Å². The van der Waals surface area contributed by atoms with Crippen LogP contribution in [0.1, 0.15) is 24.4 Å². The number of hydrogen-bond acceptors (Lipinski definition) is 4. The number of hydrogen-bond donors (Lipinski definition) is 3. The summed E-state index contributed by atoms with van der Waals surface area (Å²) in [5, 5.41) is 18.5. The van der Waals surface area contributed by atoms with E-state index in [-0.39, 0.29) is 17.7 Å². The van der Waals surface area contributed by atoms with Gasteiger partial charge in [-0.3, -0.25) is 9.69 Å². The Hall–Kier alpha value is -1.66. The van der Waals surface area contributed by atoms with E-state index in [0.717, 1.165) is 18.5 Å². The third kappa shape index (κ3) is 3.26. The predicted octanol–water partition coefficient (Wildman–Crippen LogP) is 1.52. The Morgan fingerprint density at radius 1 is 1.40 bits per heavy atom. The lowest BCUT2D eigenvalue weighted by Gasteiger charge is -2.36. The van der Waals surface area contributed by atoms with Crippen molar-refractivity contribution in [1.82, 2.24) is 4.90 Å². The zero-order valence-corrected chi connectivity index (χ0v) is 11.8. The van der Waals surface area contributed by atoms with Gasteiger partial charge in [0.1, 0.15) is 5.75 Å². The van der Waals surface area contributed by atoms with Crippen molar-refractivity contribution >= 4 is 23.2 Å². The van der Waals surface area contributed by atoms with Gasteiger partial charge < -0.3 is 15.9 Å². The third-order valence-corrected chi connectivity index (χ3v) is 3.87. The molecule has 1 aromatic rings. The summed E-state index contributed by atoms with van der Waals surface area (Å²) >= 11 is 5.14. The van der Waals surface area contributed by atoms with Crippen LogP contribution < -0.4 is 5.73 Å². The summed E-state index contributed by atoms with van der Waals surface area (Å²) < 4.78 is 0. The number of thiocarbonyl (C=S) groups is 1. The zero-order chi connectivity index (χ0) is 14.7. The van der Waals surface area contributed by atoms with Crippen LogP contribution in [0, 0.1) is 5.92 Å². The molecule has 1 aliphatic rings. The van der Waals surface area contributed by atoms with Crippen LogP contribution in [0.25, 0.3) is 0 Å². The summed E-state index contributed by atoms with van der Waals surface area (Å²) in [5.74, 6) is -0.975. The van der Waals surface area contributed by atoms with Crippen molar-refractivity contribution in [3.05, 3.63) is 29.8 Å². The van der Waals surface area contributed by atoms with Crippen molar-refractivity contribution in [3.8, 4) is 5.75 Å². The number of rotatable bonds is 4. The maximum atomic E-state index is 11.1. The van der Waals surface area contributed by atoms with Crippen LogP contribution >= 0.6 is 12.2 Å². The van der Waals surface area contributed by atoms with Crippen molar-refractivity contribution in [2.45, 2.75) is 18.9 Å². The average Bonchev–Trinajstić information content (AvgIpc) is 2.41. The van der Waals surface area contributed by atoms with Crippen LogP contribution in [-0.4, -0.2) is 39.2 Å². The molecule has 0 aromatic heterocycles. The highest BCUT2D eigenvalue weighted by molar-refractivity contribution is 7.80. The van der Waals surface area contributed by atoms with E-state index in [9.17, 15) is 9.90 Å². The normalized spacial score (nSPS) is 21.3. The van der Waals surface area contributed by atoms with Crippen molar-refractivity contribution < 1.29 is 15.0 Å². The number of nitrogens with two attached hydrogens (primary N) is 1. The van der Waals surface area contributed by atoms with Crippen molar-refractivity contribution in [3.63, 3.8) is 0 Å². The fraction of sp³-hybridized carbons (Fsp3) is 0.429. The topological polar surface area (TPSA) is 86.8 Å². The second-order valence-electron chi connectivity index (χ2n) is 5.07. The molecule has 0 radical (unpaired) electrons. The van der Waals surface area contributed by atoms with Gasteiger partial charge in [-0.15, -0.1) is 0 Å². The quantitative estimate of drug-likeness (QED) is 0.730. The molecule has 2 atom stereocenters. The molecule has 4 N–H and O–H groups in total. The van der Waals surface area contributed by atoms with E-state index in [4.69, 9.17) is 23.1 Å². The molecule has 0 bridgehead atoms. The molecule has 1 aromatic carbocycles. The summed E-state index contributed by atoms with van der Waals surface area (Å²) in [4.78, 5) is 13.5. The Kier molecular flexibility index (Phi) is 4.57. The Morgan fingerprint density at radius 2 is 2.05 bits per heavy atom. The molecular formula is C14H18N2O3S. The summed E-state index contributed by atoms with van der Waals surface area (Å²) in [6, 6.07) is 6.42. The number of benzene rings is 1. The van der Waals surface area contributed by atoms with Crippen LogP contribution in [0.4, 0.5) is 0 Å². The first kappa shape index (κ1) is 14.7. The Bertz CT molecular complexity index is 504. The molecule has 0 saturated carbocycles. The van der Waals surface area contributed by atoms with Gasteiger partial charge in [0.15, 0.2) is 0 Å². The van der Waals surface area contributed by atoms with Gasteiger partial charge in [-0.1, -0.05) is 24.4 Å². The first-order chi connectivity index (χ1) is 9.49. The maximum absolute atomic E-state index is 11.1. The molecule has 1 fully saturated rings. The molecule has 2 rings (SSSR count). The summed E-state index contributed by atoms with van der Waals surface area (Å²) in [5.41, 5.74) is 6.72. The van der Waals surface area contributed by atoms with E-state index >= 15 is 0 Å². The van der Waals surface area contributed by atoms with Crippen molar-refractivity contribution in [1.29, 1.82) is 0 Å². The standard InChI is InChI=1S/C14H18N2O3S/c15-13(20)12(9-3-5-11(17)6-4-9)16-7-1-2-10(8-16)14(18)19/h3-6,10,12,17H,1-2,7-8H2,(H2,15,20)(H,18,19). The number of phenols is 1. The number of carbonyl (C=O) groups is 1. The number of nitrogens with zero attached hydrogens (tertiary/aromatic N) is 1. The smallest absolute Gasteiger partial charge is 0.307 e. The molecule has 1 saturated heterocycles. The summed E-state index contributed by atoms with van der Waals surface area (Å²) in [6.07, 6.45) is 1.50. The van der Waals surface area contributed by atoms with E-state index in [1.54, 1.807) is 24.3 Å². The second-order valence-corrected chi connectivity index (χ2v) is 5.54. The van der Waals surface area contributed by atoms with Gasteiger partial charge in [-0.25, -0.2) is 0 Å². The molecule has 20 heavy (non-hydrogen) atoms. The van der Waals surface area contributed by atoms with Gasteiger partial charge in [-0.05, 0) is 37.1 Å². The number of aliphatic carboxylic acids is 1. The molecule has 5 nitrogen and oxygen atoms in total. The first-order valence-corrected chi connectivity index (χ1v) is 6.95. The van der Waals surface area contributed by atoms with Gasteiger partial charge in [0, 0.05) is 6.54 Å². The number of likely N-dealkylation sites (tertiary alicyclic amines) is 1. The van der Waals surface area contributed by atoms with Gasteiger partial charge in [-0.2, -0.15) is 0 Å². The fourth-order valence-electron chi connectivity index (χ4n) is 2.65. The van der Waals surface area contributed by atoms with Crippen molar-refractivity contribution in [2.24, 2.45) is 11.7 Å². The summed E-state index contributed by atoms with van der Waals surface area (Å²) in [7, 11) is 0. The Labute approximate surface area is 123 Å². The molecule has 1 heterocycles. The minimum atomic E-state index is -0.776. The van der Waals surface area contributed by atoms with E-state index in [1.807, 2.05) is 4.90 Å². The van der Waals surface area contributed by atoms with Crippen molar-refractivity contribution in [2.75, 3.05) is 13.1 Å². The number of carboxylic acid groups (broad SMARTS) is 1. The second kappa shape index (κ2) is 6.19. The molecule has 2 unspecified atom stereocenters. The molecule has 0 spiro atoms. The van der Waals surface area contributed by atoms with E-state index < -0.39 is 5.97 Å². The maximum Gasteiger partial charge on any atom is 0.307 e. The molecule has 0 amide bonds. The Balaban J connectivity index is 2.22. The van der Waals surface area contributed by atoms with Crippen LogP contribution in [0.15, 0.2) is 24.3 Å². The largest absolute Gasteiger partial charge is 0.508 e. The van der Waals surface area contributed by atoms with E-state index in [2.05, 4.69) is 0 Å². The van der Waals surface area contributed by atoms with Gasteiger partial charge >= 0.3 is 5.97 Å². The predicted molar refractivity (Wildman–Crippen MR) is 79.6 cm³/mol. The number of piperidine rings is 1. The molecule has 6 heteroatoms. The fourth-order valence-corrected chi connectivity index (χ4v) is 2.94. The highest BCUT2D eigenvalue weighted by atomic mass is 32.1. The zero-order valence-electron chi connectivity index (χ0n) is 11.0. The molecule has 0 aliphatic carbocycles. The highest BCUT2D eigenvalue weighted by Gasteiger charge is 2.31.